The first-order valence-corrected chi connectivity index (χ1v) is 11.4. The molecule has 2 aromatic carbocycles. The molecule has 0 aromatic heterocycles. The summed E-state index contributed by atoms with van der Waals surface area (Å²) in [6, 6.07) is 11.5. The second-order valence-corrected chi connectivity index (χ2v) is 8.34. The van der Waals surface area contributed by atoms with E-state index in [0.717, 1.165) is 18.5 Å². The van der Waals surface area contributed by atoms with E-state index in [2.05, 4.69) is 27.4 Å². The number of carboxylic acids is 1. The Morgan fingerprint density at radius 1 is 1.03 bits per heavy atom. The average Bonchev–Trinajstić information content (AvgIpc) is 2.80. The number of aromatic carboxylic acids is 1. The number of anilines is 2. The van der Waals surface area contributed by atoms with Crippen LogP contribution in [0.4, 0.5) is 11.4 Å². The number of nitrogens with one attached hydrogen (secondary N) is 2. The summed E-state index contributed by atoms with van der Waals surface area (Å²) in [6.07, 6.45) is 2.01. The molecular formula is C24H29ClN4O4. The lowest BCUT2D eigenvalue weighted by Gasteiger charge is -2.36. The summed E-state index contributed by atoms with van der Waals surface area (Å²) in [7, 11) is 0. The topological polar surface area (TPSA) is 102 Å². The SMILES string of the molecule is CCCCNC(=O)CN1CCN(c2ccc(NC(=O)c3ccccc3Cl)c(C(=O)O)c2)CC1. The zero-order chi connectivity index (χ0) is 23.8. The zero-order valence-corrected chi connectivity index (χ0v) is 19.4. The predicted molar refractivity (Wildman–Crippen MR) is 129 cm³/mol. The first-order valence-electron chi connectivity index (χ1n) is 11.1. The second kappa shape index (κ2) is 11.7. The molecule has 176 valence electrons. The maximum absolute atomic E-state index is 12.6. The van der Waals surface area contributed by atoms with Gasteiger partial charge in [-0.1, -0.05) is 37.1 Å². The third-order valence-electron chi connectivity index (χ3n) is 5.56. The highest BCUT2D eigenvalue weighted by atomic mass is 35.5. The monoisotopic (exact) mass is 472 g/mol. The van der Waals surface area contributed by atoms with Crippen LogP contribution in [0.1, 0.15) is 40.5 Å². The molecule has 1 aliphatic heterocycles. The fourth-order valence-electron chi connectivity index (χ4n) is 3.68. The molecular weight excluding hydrogens is 444 g/mol. The van der Waals surface area contributed by atoms with Crippen LogP contribution in [-0.2, 0) is 4.79 Å². The van der Waals surface area contributed by atoms with E-state index in [9.17, 15) is 19.5 Å². The highest BCUT2D eigenvalue weighted by Crippen LogP contribution is 2.26. The number of carboxylic acid groups (broad SMARTS) is 1. The van der Waals surface area contributed by atoms with Gasteiger partial charge in [0.15, 0.2) is 0 Å². The molecule has 33 heavy (non-hydrogen) atoms. The van der Waals surface area contributed by atoms with Crippen molar-refractivity contribution in [1.29, 1.82) is 0 Å². The first-order chi connectivity index (χ1) is 15.9. The van der Waals surface area contributed by atoms with E-state index < -0.39 is 11.9 Å². The summed E-state index contributed by atoms with van der Waals surface area (Å²) >= 11 is 6.08. The third kappa shape index (κ3) is 6.69. The number of halogens is 1. The van der Waals surface area contributed by atoms with Crippen LogP contribution in [0.2, 0.25) is 5.02 Å². The van der Waals surface area contributed by atoms with Gasteiger partial charge in [0.25, 0.3) is 5.91 Å². The highest BCUT2D eigenvalue weighted by molar-refractivity contribution is 6.34. The number of rotatable bonds is 9. The molecule has 0 atom stereocenters. The number of hydrogen-bond donors (Lipinski definition) is 3. The van der Waals surface area contributed by atoms with E-state index in [1.165, 1.54) is 0 Å². The zero-order valence-electron chi connectivity index (χ0n) is 18.6. The van der Waals surface area contributed by atoms with Gasteiger partial charge in [-0.2, -0.15) is 0 Å². The van der Waals surface area contributed by atoms with Gasteiger partial charge in [0, 0.05) is 38.4 Å². The maximum Gasteiger partial charge on any atom is 0.337 e. The van der Waals surface area contributed by atoms with Crippen LogP contribution in [0.5, 0.6) is 0 Å². The van der Waals surface area contributed by atoms with E-state index >= 15 is 0 Å². The van der Waals surface area contributed by atoms with Gasteiger partial charge >= 0.3 is 5.97 Å². The quantitative estimate of drug-likeness (QED) is 0.484. The van der Waals surface area contributed by atoms with Crippen LogP contribution in [-0.4, -0.2) is 67.1 Å². The Kier molecular flexibility index (Phi) is 8.68. The molecule has 0 unspecified atom stereocenters. The molecule has 0 bridgehead atoms. The average molecular weight is 473 g/mol. The normalized spacial score (nSPS) is 14.1. The lowest BCUT2D eigenvalue weighted by atomic mass is 10.1. The van der Waals surface area contributed by atoms with Gasteiger partial charge in [0.2, 0.25) is 5.91 Å². The molecule has 1 heterocycles. The molecule has 2 aromatic rings. The van der Waals surface area contributed by atoms with E-state index in [-0.39, 0.29) is 22.7 Å². The van der Waals surface area contributed by atoms with Crippen molar-refractivity contribution >= 4 is 40.8 Å². The van der Waals surface area contributed by atoms with Crippen molar-refractivity contribution in [3.8, 4) is 0 Å². The molecule has 0 aliphatic carbocycles. The van der Waals surface area contributed by atoms with Gasteiger partial charge in [0.05, 0.1) is 28.4 Å². The van der Waals surface area contributed by atoms with Crippen molar-refractivity contribution in [2.75, 3.05) is 49.5 Å². The Balaban J connectivity index is 1.63. The minimum Gasteiger partial charge on any atom is -0.478 e. The van der Waals surface area contributed by atoms with Crippen LogP contribution in [0.25, 0.3) is 0 Å². The summed E-state index contributed by atoms with van der Waals surface area (Å²) in [5, 5.41) is 15.6. The van der Waals surface area contributed by atoms with Gasteiger partial charge in [-0.25, -0.2) is 4.79 Å². The lowest BCUT2D eigenvalue weighted by Crippen LogP contribution is -2.49. The van der Waals surface area contributed by atoms with Gasteiger partial charge in [-0.15, -0.1) is 0 Å². The first kappa shape index (κ1) is 24.5. The Bertz CT molecular complexity index is 1010. The van der Waals surface area contributed by atoms with E-state index in [1.54, 1.807) is 42.5 Å². The van der Waals surface area contributed by atoms with Crippen LogP contribution in [0.15, 0.2) is 42.5 Å². The van der Waals surface area contributed by atoms with Crippen molar-refractivity contribution < 1.29 is 19.5 Å². The van der Waals surface area contributed by atoms with Crippen molar-refractivity contribution in [3.05, 3.63) is 58.6 Å². The van der Waals surface area contributed by atoms with Crippen molar-refractivity contribution in [1.82, 2.24) is 10.2 Å². The molecule has 3 rings (SSSR count). The molecule has 2 amide bonds. The van der Waals surface area contributed by atoms with Crippen molar-refractivity contribution in [2.45, 2.75) is 19.8 Å². The van der Waals surface area contributed by atoms with E-state index in [1.807, 2.05) is 0 Å². The Hall–Kier alpha value is -3.10. The number of hydrogen-bond acceptors (Lipinski definition) is 5. The van der Waals surface area contributed by atoms with Crippen molar-refractivity contribution in [3.63, 3.8) is 0 Å². The predicted octanol–water partition coefficient (Wildman–Crippen LogP) is 3.33. The smallest absolute Gasteiger partial charge is 0.337 e. The van der Waals surface area contributed by atoms with Crippen LogP contribution in [0, 0.1) is 0 Å². The number of carbonyl (C=O) groups is 3. The third-order valence-corrected chi connectivity index (χ3v) is 5.89. The molecule has 0 radical (unpaired) electrons. The number of piperazine rings is 1. The van der Waals surface area contributed by atoms with E-state index in [0.29, 0.717) is 44.3 Å². The lowest BCUT2D eigenvalue weighted by molar-refractivity contribution is -0.122. The number of nitrogens with zero attached hydrogens (tertiary/aromatic N) is 2. The molecule has 0 saturated carbocycles. The maximum atomic E-state index is 12.6. The van der Waals surface area contributed by atoms with Crippen molar-refractivity contribution in [2.24, 2.45) is 0 Å². The minimum absolute atomic E-state index is 0.00522. The molecule has 9 heteroatoms. The van der Waals surface area contributed by atoms with Gasteiger partial charge in [-0.3, -0.25) is 14.5 Å². The molecule has 1 aliphatic rings. The van der Waals surface area contributed by atoms with Gasteiger partial charge in [0.1, 0.15) is 0 Å². The van der Waals surface area contributed by atoms with E-state index in [4.69, 9.17) is 11.6 Å². The Labute approximate surface area is 198 Å². The molecule has 0 spiro atoms. The number of benzene rings is 2. The van der Waals surface area contributed by atoms with Crippen LogP contribution in [0.3, 0.4) is 0 Å². The largest absolute Gasteiger partial charge is 0.478 e. The standard InChI is InChI=1S/C24H29ClN4O4/c1-2-3-10-26-22(30)16-28-11-13-29(14-12-28)17-8-9-21(19(15-17)24(32)33)27-23(31)18-6-4-5-7-20(18)25/h4-9,15H,2-3,10-14,16H2,1H3,(H,26,30)(H,27,31)(H,32,33). The highest BCUT2D eigenvalue weighted by Gasteiger charge is 2.22. The molecule has 8 nitrogen and oxygen atoms in total. The summed E-state index contributed by atoms with van der Waals surface area (Å²) in [4.78, 5) is 40.6. The Morgan fingerprint density at radius 3 is 2.42 bits per heavy atom. The minimum atomic E-state index is -1.13. The summed E-state index contributed by atoms with van der Waals surface area (Å²) < 4.78 is 0. The fourth-order valence-corrected chi connectivity index (χ4v) is 3.90. The Morgan fingerprint density at radius 2 is 1.76 bits per heavy atom. The number of carbonyl (C=O) groups excluding carboxylic acids is 2. The second-order valence-electron chi connectivity index (χ2n) is 7.94. The van der Waals surface area contributed by atoms with Crippen LogP contribution < -0.4 is 15.5 Å². The summed E-state index contributed by atoms with van der Waals surface area (Å²) in [5.74, 6) is -1.57. The molecule has 1 fully saturated rings. The summed E-state index contributed by atoms with van der Waals surface area (Å²) in [5.41, 5.74) is 1.24. The number of amides is 2. The number of unbranched alkanes of at least 4 members (excludes halogenated alkanes) is 1. The summed E-state index contributed by atoms with van der Waals surface area (Å²) in [6.45, 7) is 5.90. The van der Waals surface area contributed by atoms with Gasteiger partial charge < -0.3 is 20.6 Å². The van der Waals surface area contributed by atoms with Gasteiger partial charge in [-0.05, 0) is 36.8 Å². The van der Waals surface area contributed by atoms with Crippen LogP contribution >= 0.6 is 11.6 Å². The molecule has 3 N–H and O–H groups in total. The molecule has 1 saturated heterocycles. The fraction of sp³-hybridized carbons (Fsp3) is 0.375.